The first-order valence-electron chi connectivity index (χ1n) is 3.54. The van der Waals surface area contributed by atoms with E-state index < -0.39 is 0 Å². The Labute approximate surface area is 54.6 Å². The van der Waals surface area contributed by atoms with E-state index in [0.717, 1.165) is 18.8 Å². The highest BCUT2D eigenvalue weighted by molar-refractivity contribution is 5.80. The molecule has 2 nitrogen and oxygen atoms in total. The molecule has 1 spiro atoms. The summed E-state index contributed by atoms with van der Waals surface area (Å²) in [5, 5.41) is 3.02. The minimum Gasteiger partial charge on any atom is -0.350 e. The monoisotopic (exact) mass is 125 g/mol. The number of hydrogen-bond donors (Lipinski definition) is 1. The first-order valence-corrected chi connectivity index (χ1v) is 3.54. The van der Waals surface area contributed by atoms with Crippen LogP contribution in [-0.2, 0) is 4.79 Å². The fourth-order valence-corrected chi connectivity index (χ4v) is 1.75. The zero-order valence-electron chi connectivity index (χ0n) is 5.61. The molecule has 0 aromatic heterocycles. The van der Waals surface area contributed by atoms with Crippen LogP contribution in [0.2, 0.25) is 0 Å². The quantitative estimate of drug-likeness (QED) is 0.506. The molecule has 2 fully saturated rings. The van der Waals surface area contributed by atoms with Crippen molar-refractivity contribution in [1.82, 2.24) is 5.32 Å². The summed E-state index contributed by atoms with van der Waals surface area (Å²) in [6, 6.07) is 0. The van der Waals surface area contributed by atoms with Crippen molar-refractivity contribution in [2.24, 2.45) is 5.92 Å². The molecule has 50 valence electrons. The molecule has 1 aliphatic carbocycles. The number of carbonyl (C=O) groups is 1. The number of carbonyl (C=O) groups excluding carboxylic acids is 1. The maximum Gasteiger partial charge on any atom is 0.220 e. The number of amides is 1. The van der Waals surface area contributed by atoms with Crippen molar-refractivity contribution in [1.29, 1.82) is 0 Å². The van der Waals surface area contributed by atoms with Gasteiger partial charge in [-0.3, -0.25) is 4.79 Å². The SMILES string of the molecule is C[C@@H]1CC12CCC(=O)N2. The van der Waals surface area contributed by atoms with Crippen LogP contribution in [0.5, 0.6) is 0 Å². The third kappa shape index (κ3) is 0.590. The van der Waals surface area contributed by atoms with Gasteiger partial charge in [0.25, 0.3) is 0 Å². The lowest BCUT2D eigenvalue weighted by atomic mass is 10.2. The van der Waals surface area contributed by atoms with Crippen LogP contribution >= 0.6 is 0 Å². The van der Waals surface area contributed by atoms with Crippen molar-refractivity contribution >= 4 is 5.91 Å². The Morgan fingerprint density at radius 1 is 1.78 bits per heavy atom. The van der Waals surface area contributed by atoms with Gasteiger partial charge in [-0.2, -0.15) is 0 Å². The van der Waals surface area contributed by atoms with E-state index in [0.29, 0.717) is 0 Å². The number of nitrogens with one attached hydrogen (secondary N) is 1. The molecule has 1 N–H and O–H groups in total. The molecule has 0 aromatic rings. The van der Waals surface area contributed by atoms with Crippen molar-refractivity contribution in [3.8, 4) is 0 Å². The Bertz CT molecular complexity index is 166. The molecule has 1 saturated carbocycles. The van der Waals surface area contributed by atoms with Gasteiger partial charge in [-0.25, -0.2) is 0 Å². The largest absolute Gasteiger partial charge is 0.350 e. The van der Waals surface area contributed by atoms with E-state index in [4.69, 9.17) is 0 Å². The lowest BCUT2D eigenvalue weighted by Gasteiger charge is -2.04. The summed E-state index contributed by atoms with van der Waals surface area (Å²) < 4.78 is 0. The first-order chi connectivity index (χ1) is 4.23. The molecule has 1 aliphatic heterocycles. The molecule has 2 aliphatic rings. The minimum atomic E-state index is 0.249. The number of rotatable bonds is 0. The van der Waals surface area contributed by atoms with Crippen LogP contribution in [0.15, 0.2) is 0 Å². The maximum atomic E-state index is 10.7. The Balaban J connectivity index is 2.11. The van der Waals surface area contributed by atoms with Gasteiger partial charge in [0, 0.05) is 12.0 Å². The van der Waals surface area contributed by atoms with Crippen LogP contribution in [0.4, 0.5) is 0 Å². The van der Waals surface area contributed by atoms with Gasteiger partial charge in [0.05, 0.1) is 0 Å². The minimum absolute atomic E-state index is 0.249. The van der Waals surface area contributed by atoms with Gasteiger partial charge in [0.1, 0.15) is 0 Å². The summed E-state index contributed by atoms with van der Waals surface area (Å²) in [7, 11) is 0. The van der Waals surface area contributed by atoms with E-state index in [1.165, 1.54) is 6.42 Å². The molecule has 1 amide bonds. The second-order valence-electron chi connectivity index (χ2n) is 3.31. The highest BCUT2D eigenvalue weighted by Gasteiger charge is 2.54. The lowest BCUT2D eigenvalue weighted by Crippen LogP contribution is -2.28. The van der Waals surface area contributed by atoms with E-state index >= 15 is 0 Å². The van der Waals surface area contributed by atoms with E-state index in [2.05, 4.69) is 12.2 Å². The molecule has 0 radical (unpaired) electrons. The summed E-state index contributed by atoms with van der Waals surface area (Å²) in [5.74, 6) is 0.989. The molecule has 0 bridgehead atoms. The molecule has 2 rings (SSSR count). The van der Waals surface area contributed by atoms with Crippen molar-refractivity contribution in [2.45, 2.75) is 31.7 Å². The van der Waals surface area contributed by atoms with Gasteiger partial charge >= 0.3 is 0 Å². The van der Waals surface area contributed by atoms with Crippen molar-refractivity contribution in [2.75, 3.05) is 0 Å². The fourth-order valence-electron chi connectivity index (χ4n) is 1.75. The molecule has 1 heterocycles. The predicted octanol–water partition coefficient (Wildman–Crippen LogP) is 0.675. The lowest BCUT2D eigenvalue weighted by molar-refractivity contribution is -0.119. The van der Waals surface area contributed by atoms with Crippen molar-refractivity contribution < 1.29 is 4.79 Å². The molecular formula is C7H11NO. The standard InChI is InChI=1S/C7H11NO/c1-5-4-7(5)3-2-6(9)8-7/h5H,2-4H2,1H3,(H,8,9)/t5-,7?/m1/s1. The zero-order chi connectivity index (χ0) is 6.48. The van der Waals surface area contributed by atoms with Crippen LogP contribution in [0, 0.1) is 5.92 Å². The zero-order valence-corrected chi connectivity index (χ0v) is 5.61. The Morgan fingerprint density at radius 3 is 2.67 bits per heavy atom. The van der Waals surface area contributed by atoms with Gasteiger partial charge in [0.15, 0.2) is 0 Å². The maximum absolute atomic E-state index is 10.7. The molecule has 2 atom stereocenters. The summed E-state index contributed by atoms with van der Waals surface area (Å²) in [5.41, 5.74) is 0.275. The average molecular weight is 125 g/mol. The topological polar surface area (TPSA) is 29.1 Å². The van der Waals surface area contributed by atoms with Crippen LogP contribution in [-0.4, -0.2) is 11.4 Å². The van der Waals surface area contributed by atoms with E-state index in [9.17, 15) is 4.79 Å². The number of hydrogen-bond acceptors (Lipinski definition) is 1. The summed E-state index contributed by atoms with van der Waals surface area (Å²) in [4.78, 5) is 10.7. The third-order valence-corrected chi connectivity index (χ3v) is 2.64. The summed E-state index contributed by atoms with van der Waals surface area (Å²) in [6.45, 7) is 2.20. The normalized spacial score (nSPS) is 47.7. The first kappa shape index (κ1) is 5.27. The molecule has 1 saturated heterocycles. The van der Waals surface area contributed by atoms with Gasteiger partial charge in [-0.15, -0.1) is 0 Å². The summed E-state index contributed by atoms with van der Waals surface area (Å²) in [6.07, 6.45) is 3.04. The van der Waals surface area contributed by atoms with Crippen molar-refractivity contribution in [3.63, 3.8) is 0 Å². The second-order valence-corrected chi connectivity index (χ2v) is 3.31. The van der Waals surface area contributed by atoms with Crippen LogP contribution in [0.1, 0.15) is 26.2 Å². The average Bonchev–Trinajstić information content (AvgIpc) is 2.17. The third-order valence-electron chi connectivity index (χ3n) is 2.64. The Kier molecular flexibility index (Phi) is 0.765. The highest BCUT2D eigenvalue weighted by Crippen LogP contribution is 2.48. The van der Waals surface area contributed by atoms with Crippen LogP contribution in [0.3, 0.4) is 0 Å². The predicted molar refractivity (Wildman–Crippen MR) is 33.9 cm³/mol. The van der Waals surface area contributed by atoms with Crippen LogP contribution < -0.4 is 5.32 Å². The summed E-state index contributed by atoms with van der Waals surface area (Å²) >= 11 is 0. The highest BCUT2D eigenvalue weighted by atomic mass is 16.2. The van der Waals surface area contributed by atoms with Gasteiger partial charge < -0.3 is 5.32 Å². The molecule has 2 heteroatoms. The smallest absolute Gasteiger partial charge is 0.220 e. The Morgan fingerprint density at radius 2 is 2.44 bits per heavy atom. The molecular weight excluding hydrogens is 114 g/mol. The van der Waals surface area contributed by atoms with Gasteiger partial charge in [-0.1, -0.05) is 6.92 Å². The van der Waals surface area contributed by atoms with E-state index in [-0.39, 0.29) is 11.4 Å². The van der Waals surface area contributed by atoms with Gasteiger partial charge in [0.2, 0.25) is 5.91 Å². The Hall–Kier alpha value is -0.530. The molecule has 9 heavy (non-hydrogen) atoms. The molecule has 1 unspecified atom stereocenters. The fraction of sp³-hybridized carbons (Fsp3) is 0.857. The van der Waals surface area contributed by atoms with Gasteiger partial charge in [-0.05, 0) is 18.8 Å². The van der Waals surface area contributed by atoms with Crippen LogP contribution in [0.25, 0.3) is 0 Å². The van der Waals surface area contributed by atoms with Crippen molar-refractivity contribution in [3.05, 3.63) is 0 Å². The molecule has 0 aromatic carbocycles. The van der Waals surface area contributed by atoms with E-state index in [1.807, 2.05) is 0 Å². The second kappa shape index (κ2) is 1.31. The van der Waals surface area contributed by atoms with E-state index in [1.54, 1.807) is 0 Å².